The molecule has 1 heterocycles. The summed E-state index contributed by atoms with van der Waals surface area (Å²) in [6.45, 7) is 0. The summed E-state index contributed by atoms with van der Waals surface area (Å²) in [7, 11) is 1.64. The van der Waals surface area contributed by atoms with Gasteiger partial charge in [-0.2, -0.15) is 0 Å². The van der Waals surface area contributed by atoms with Gasteiger partial charge in [0.2, 0.25) is 0 Å². The van der Waals surface area contributed by atoms with Crippen LogP contribution in [0.2, 0.25) is 0 Å². The van der Waals surface area contributed by atoms with Crippen LogP contribution in [0.15, 0.2) is 66.1 Å². The van der Waals surface area contributed by atoms with Crippen molar-refractivity contribution in [2.24, 2.45) is 0 Å². The third-order valence-electron chi connectivity index (χ3n) is 3.25. The summed E-state index contributed by atoms with van der Waals surface area (Å²) in [5.41, 5.74) is 1.64. The lowest BCUT2D eigenvalue weighted by atomic mass is 10.2. The minimum absolute atomic E-state index is 0.186. The number of rotatable bonds is 5. The second-order valence-corrected chi connectivity index (χ2v) is 5.60. The Kier molecular flexibility index (Phi) is 4.44. The van der Waals surface area contributed by atoms with Gasteiger partial charge in [-0.1, -0.05) is 36.0 Å². The van der Waals surface area contributed by atoms with Gasteiger partial charge in [0.15, 0.2) is 5.16 Å². The van der Waals surface area contributed by atoms with Crippen LogP contribution >= 0.6 is 11.8 Å². The summed E-state index contributed by atoms with van der Waals surface area (Å²) in [5.74, 6) is 1.14. The number of benzene rings is 2. The van der Waals surface area contributed by atoms with E-state index >= 15 is 0 Å². The number of nitrogens with zero attached hydrogens (tertiary/aromatic N) is 2. The van der Waals surface area contributed by atoms with E-state index in [1.807, 2.05) is 41.1 Å². The van der Waals surface area contributed by atoms with Crippen LogP contribution in [0.25, 0.3) is 5.69 Å². The molecule has 22 heavy (non-hydrogen) atoms. The lowest BCUT2D eigenvalue weighted by Crippen LogP contribution is -1.96. The topological polar surface area (TPSA) is 27.1 Å². The number of aromatic nitrogens is 2. The fourth-order valence-corrected chi connectivity index (χ4v) is 3.07. The Balaban J connectivity index is 1.82. The van der Waals surface area contributed by atoms with E-state index in [0.29, 0.717) is 11.3 Å². The molecule has 1 aromatic heterocycles. The highest BCUT2D eigenvalue weighted by Gasteiger charge is 2.08. The Bertz CT molecular complexity index is 773. The number of hydrogen-bond donors (Lipinski definition) is 0. The molecule has 0 fully saturated rings. The Hall–Kier alpha value is -2.27. The van der Waals surface area contributed by atoms with Gasteiger partial charge in [0.1, 0.15) is 11.6 Å². The minimum atomic E-state index is -0.186. The molecular weight excluding hydrogens is 299 g/mol. The Morgan fingerprint density at radius 1 is 1.18 bits per heavy atom. The lowest BCUT2D eigenvalue weighted by Gasteiger charge is -2.09. The molecule has 0 radical (unpaired) electrons. The number of halogens is 1. The zero-order chi connectivity index (χ0) is 15.4. The third-order valence-corrected chi connectivity index (χ3v) is 4.27. The third kappa shape index (κ3) is 3.14. The van der Waals surface area contributed by atoms with Gasteiger partial charge in [0, 0.05) is 24.2 Å². The average Bonchev–Trinajstić information content (AvgIpc) is 3.03. The monoisotopic (exact) mass is 314 g/mol. The van der Waals surface area contributed by atoms with E-state index in [2.05, 4.69) is 4.98 Å². The standard InChI is InChI=1S/C17H15FN2OS/c1-21-15-7-4-6-14(11-15)20-10-9-19-17(20)22-12-13-5-2-3-8-16(13)18/h2-11H,12H2,1H3. The fraction of sp³-hybridized carbons (Fsp3) is 0.118. The number of methoxy groups -OCH3 is 1. The molecule has 2 aromatic carbocycles. The van der Waals surface area contributed by atoms with E-state index in [1.165, 1.54) is 17.8 Å². The molecule has 0 bridgehead atoms. The van der Waals surface area contributed by atoms with Crippen molar-refractivity contribution < 1.29 is 9.13 Å². The zero-order valence-corrected chi connectivity index (χ0v) is 12.9. The molecule has 0 atom stereocenters. The highest BCUT2D eigenvalue weighted by molar-refractivity contribution is 7.98. The maximum absolute atomic E-state index is 13.7. The van der Waals surface area contributed by atoms with E-state index in [0.717, 1.165) is 16.6 Å². The first-order valence-corrected chi connectivity index (χ1v) is 7.80. The van der Waals surface area contributed by atoms with Gasteiger partial charge in [0.25, 0.3) is 0 Å². The van der Waals surface area contributed by atoms with Crippen molar-refractivity contribution in [1.29, 1.82) is 0 Å². The fourth-order valence-electron chi connectivity index (χ4n) is 2.11. The second kappa shape index (κ2) is 6.66. The van der Waals surface area contributed by atoms with Crippen molar-refractivity contribution in [3.8, 4) is 11.4 Å². The SMILES string of the molecule is COc1cccc(-n2ccnc2SCc2ccccc2F)c1. The summed E-state index contributed by atoms with van der Waals surface area (Å²) in [6.07, 6.45) is 3.63. The molecule has 0 amide bonds. The molecular formula is C17H15FN2OS. The first-order chi connectivity index (χ1) is 10.8. The molecule has 5 heteroatoms. The molecule has 0 N–H and O–H groups in total. The average molecular weight is 314 g/mol. The maximum Gasteiger partial charge on any atom is 0.172 e. The van der Waals surface area contributed by atoms with Gasteiger partial charge >= 0.3 is 0 Å². The van der Waals surface area contributed by atoms with Crippen molar-refractivity contribution >= 4 is 11.8 Å². The van der Waals surface area contributed by atoms with Crippen LogP contribution in [0.1, 0.15) is 5.56 Å². The molecule has 0 spiro atoms. The molecule has 0 aliphatic carbocycles. The van der Waals surface area contributed by atoms with Gasteiger partial charge in [0.05, 0.1) is 12.8 Å². The summed E-state index contributed by atoms with van der Waals surface area (Å²) >= 11 is 1.50. The highest BCUT2D eigenvalue weighted by Crippen LogP contribution is 2.26. The Morgan fingerprint density at radius 2 is 2.05 bits per heavy atom. The van der Waals surface area contributed by atoms with Crippen LogP contribution in [0, 0.1) is 5.82 Å². The highest BCUT2D eigenvalue weighted by atomic mass is 32.2. The van der Waals surface area contributed by atoms with Crippen LogP contribution < -0.4 is 4.74 Å². The van der Waals surface area contributed by atoms with E-state index < -0.39 is 0 Å². The molecule has 0 aliphatic heterocycles. The molecule has 0 unspecified atom stereocenters. The van der Waals surface area contributed by atoms with Crippen LogP contribution in [-0.4, -0.2) is 16.7 Å². The summed E-state index contributed by atoms with van der Waals surface area (Å²) in [5, 5.41) is 0.816. The lowest BCUT2D eigenvalue weighted by molar-refractivity contribution is 0.414. The molecule has 0 aliphatic rings. The summed E-state index contributed by atoms with van der Waals surface area (Å²) < 4.78 is 20.9. The largest absolute Gasteiger partial charge is 0.497 e. The van der Waals surface area contributed by atoms with Gasteiger partial charge in [-0.25, -0.2) is 9.37 Å². The number of thioether (sulfide) groups is 1. The zero-order valence-electron chi connectivity index (χ0n) is 12.1. The predicted octanol–water partition coefficient (Wildman–Crippen LogP) is 4.31. The van der Waals surface area contributed by atoms with Crippen LogP contribution in [0.4, 0.5) is 4.39 Å². The number of ether oxygens (including phenoxy) is 1. The van der Waals surface area contributed by atoms with Crippen molar-refractivity contribution in [2.75, 3.05) is 7.11 Å². The quantitative estimate of drug-likeness (QED) is 0.657. The van der Waals surface area contributed by atoms with E-state index in [4.69, 9.17) is 4.74 Å². The van der Waals surface area contributed by atoms with Crippen LogP contribution in [0.5, 0.6) is 5.75 Å². The molecule has 112 valence electrons. The molecule has 0 saturated heterocycles. The van der Waals surface area contributed by atoms with Gasteiger partial charge in [-0.05, 0) is 23.8 Å². The smallest absolute Gasteiger partial charge is 0.172 e. The Morgan fingerprint density at radius 3 is 2.86 bits per heavy atom. The van der Waals surface area contributed by atoms with E-state index in [-0.39, 0.29) is 5.82 Å². The summed E-state index contributed by atoms with van der Waals surface area (Å²) in [4.78, 5) is 4.36. The summed E-state index contributed by atoms with van der Waals surface area (Å²) in [6, 6.07) is 14.6. The van der Waals surface area contributed by atoms with E-state index in [9.17, 15) is 4.39 Å². The molecule has 0 saturated carbocycles. The van der Waals surface area contributed by atoms with Crippen molar-refractivity contribution in [2.45, 2.75) is 10.9 Å². The molecule has 3 nitrogen and oxygen atoms in total. The number of imidazole rings is 1. The van der Waals surface area contributed by atoms with Crippen molar-refractivity contribution in [3.63, 3.8) is 0 Å². The van der Waals surface area contributed by atoms with Crippen LogP contribution in [0.3, 0.4) is 0 Å². The normalized spacial score (nSPS) is 10.6. The van der Waals surface area contributed by atoms with Crippen molar-refractivity contribution in [1.82, 2.24) is 9.55 Å². The first kappa shape index (κ1) is 14.7. The van der Waals surface area contributed by atoms with Gasteiger partial charge < -0.3 is 4.74 Å². The minimum Gasteiger partial charge on any atom is -0.497 e. The van der Waals surface area contributed by atoms with E-state index in [1.54, 1.807) is 25.4 Å². The van der Waals surface area contributed by atoms with Gasteiger partial charge in [-0.3, -0.25) is 4.57 Å². The second-order valence-electron chi connectivity index (χ2n) is 4.66. The Labute approximate surface area is 132 Å². The maximum atomic E-state index is 13.7. The number of hydrogen-bond acceptors (Lipinski definition) is 3. The molecule has 3 aromatic rings. The van der Waals surface area contributed by atoms with Crippen molar-refractivity contribution in [3.05, 3.63) is 72.3 Å². The predicted molar refractivity (Wildman–Crippen MR) is 86.1 cm³/mol. The molecule has 3 rings (SSSR count). The van der Waals surface area contributed by atoms with Gasteiger partial charge in [-0.15, -0.1) is 0 Å². The first-order valence-electron chi connectivity index (χ1n) is 6.82. The van der Waals surface area contributed by atoms with Crippen LogP contribution in [-0.2, 0) is 5.75 Å².